The van der Waals surface area contributed by atoms with Gasteiger partial charge in [0.25, 0.3) is 0 Å². The lowest BCUT2D eigenvalue weighted by atomic mass is 9.84. The third kappa shape index (κ3) is 9.33. The molecule has 2 heterocycles. The molecule has 16 rings (SSSR count). The van der Waals surface area contributed by atoms with E-state index in [1.165, 1.54) is 143 Å². The SMILES string of the molecule is C1=CC=CCC=C1.C=CC=C.c1ccc(-c2c3ccc(-c4ccc5c(c4)c4ccccc4n5-c4ccc5ccccc5c4)cc3c(-c3ccccc3)c3ccc(-c4ccc5c(c4)c4ccccc4n5-c4ccc5ccccc5c4)cc23)cc1. The molecule has 2 heteroatoms. The van der Waals surface area contributed by atoms with Crippen molar-refractivity contribution in [1.29, 1.82) is 0 Å². The zero-order valence-electron chi connectivity index (χ0n) is 46.0. The second-order valence-electron chi connectivity index (χ2n) is 21.2. The van der Waals surface area contributed by atoms with Crippen LogP contribution in [0.1, 0.15) is 6.42 Å². The maximum Gasteiger partial charge on any atom is 0.0541 e. The van der Waals surface area contributed by atoms with Gasteiger partial charge in [-0.3, -0.25) is 0 Å². The maximum absolute atomic E-state index is 3.36. The summed E-state index contributed by atoms with van der Waals surface area (Å²) in [5.74, 6) is 0. The normalized spacial score (nSPS) is 12.0. The van der Waals surface area contributed by atoms with E-state index in [9.17, 15) is 0 Å². The minimum Gasteiger partial charge on any atom is -0.309 e. The number of benzene rings is 13. The van der Waals surface area contributed by atoms with Gasteiger partial charge in [-0.05, 0) is 167 Å². The molecule has 0 aliphatic heterocycles. The van der Waals surface area contributed by atoms with Gasteiger partial charge in [0.15, 0.2) is 0 Å². The molecule has 0 bridgehead atoms. The fourth-order valence-electron chi connectivity index (χ4n) is 12.4. The molecule has 1 aliphatic carbocycles. The first kappa shape index (κ1) is 50.4. The third-order valence-electron chi connectivity index (χ3n) is 16.3. The van der Waals surface area contributed by atoms with Gasteiger partial charge in [-0.2, -0.15) is 0 Å². The smallest absolute Gasteiger partial charge is 0.0541 e. The lowest BCUT2D eigenvalue weighted by molar-refractivity contribution is 1.19. The highest BCUT2D eigenvalue weighted by Gasteiger charge is 2.21. The van der Waals surface area contributed by atoms with E-state index in [0.717, 1.165) is 6.42 Å². The van der Waals surface area contributed by atoms with E-state index in [2.05, 4.69) is 314 Å². The van der Waals surface area contributed by atoms with E-state index in [-0.39, 0.29) is 0 Å². The Labute approximate surface area is 484 Å². The summed E-state index contributed by atoms with van der Waals surface area (Å²) in [6.45, 7) is 6.72. The summed E-state index contributed by atoms with van der Waals surface area (Å²) < 4.78 is 4.84. The number of nitrogens with zero attached hydrogens (tertiary/aromatic N) is 2. The quantitative estimate of drug-likeness (QED) is 0.111. The number of hydrogen-bond donors (Lipinski definition) is 0. The standard InChI is InChI=1S/C70H44N2.C7H8.C4H6/c1-3-17-47(18-4-1)69-59-35-29-52(54-32-38-68-62(42-54)58-24-12-14-26-66(58)72(68)56-34-28-46-16-8-10-22-50(46)40-56)44-64(59)70(48-19-5-2-6-20-48)60-36-30-51(43-63(60)69)53-31-37-67-61(41-53)57-23-11-13-25-65(57)71(67)55-33-27-45-15-7-9-21-49(45)39-55;1-2-4-6-7-5-3-1;1-3-4-2/h1-44H;1-6H,7H2;3-4H,1-2H2. The van der Waals surface area contributed by atoms with Crippen molar-refractivity contribution >= 4 is 86.7 Å². The number of para-hydroxylation sites is 2. The first-order valence-corrected chi connectivity index (χ1v) is 28.5. The van der Waals surface area contributed by atoms with E-state index < -0.39 is 0 Å². The summed E-state index contributed by atoms with van der Waals surface area (Å²) in [5.41, 5.74) is 16.8. The van der Waals surface area contributed by atoms with E-state index in [1.54, 1.807) is 12.2 Å². The number of fused-ring (bicyclic) bond motifs is 10. The molecule has 0 fully saturated rings. The van der Waals surface area contributed by atoms with Gasteiger partial charge in [-0.25, -0.2) is 0 Å². The maximum atomic E-state index is 3.36. The minimum atomic E-state index is 1.08. The van der Waals surface area contributed by atoms with Gasteiger partial charge in [-0.1, -0.05) is 256 Å². The number of hydrogen-bond acceptors (Lipinski definition) is 0. The average Bonchev–Trinajstić information content (AvgIpc) is 3.17. The van der Waals surface area contributed by atoms with Crippen molar-refractivity contribution in [3.63, 3.8) is 0 Å². The molecule has 0 amide bonds. The van der Waals surface area contributed by atoms with Crippen LogP contribution in [0.25, 0.3) is 143 Å². The molecule has 0 saturated heterocycles. The molecule has 1 aliphatic rings. The molecule has 392 valence electrons. The van der Waals surface area contributed by atoms with Crippen LogP contribution in [0.2, 0.25) is 0 Å². The van der Waals surface area contributed by atoms with Crippen LogP contribution in [0.15, 0.2) is 329 Å². The van der Waals surface area contributed by atoms with Crippen molar-refractivity contribution in [2.24, 2.45) is 0 Å². The second kappa shape index (κ2) is 22.0. The van der Waals surface area contributed by atoms with Crippen LogP contribution < -0.4 is 0 Å². The molecular formula is C81H58N2. The Morgan fingerprint density at radius 2 is 0.614 bits per heavy atom. The molecule has 15 aromatic rings. The zero-order chi connectivity index (χ0) is 55.6. The van der Waals surface area contributed by atoms with E-state index in [4.69, 9.17) is 0 Å². The molecule has 0 atom stereocenters. The molecule has 0 N–H and O–H groups in total. The Morgan fingerprint density at radius 1 is 0.253 bits per heavy atom. The highest BCUT2D eigenvalue weighted by Crippen LogP contribution is 2.47. The Kier molecular flexibility index (Phi) is 13.4. The number of aromatic nitrogens is 2. The molecule has 83 heavy (non-hydrogen) atoms. The Morgan fingerprint density at radius 3 is 1.05 bits per heavy atom. The highest BCUT2D eigenvalue weighted by molar-refractivity contribution is 6.23. The van der Waals surface area contributed by atoms with Crippen LogP contribution >= 0.6 is 0 Å². The summed E-state index contributed by atoms with van der Waals surface area (Å²) >= 11 is 0. The molecule has 0 unspecified atom stereocenters. The van der Waals surface area contributed by atoms with Crippen LogP contribution in [0, 0.1) is 0 Å². The minimum absolute atomic E-state index is 1.08. The van der Waals surface area contributed by atoms with Gasteiger partial charge in [0.05, 0.1) is 22.1 Å². The fraction of sp³-hybridized carbons (Fsp3) is 0.0123. The first-order valence-electron chi connectivity index (χ1n) is 28.5. The Bertz CT molecular complexity index is 4760. The summed E-state index contributed by atoms with van der Waals surface area (Å²) in [6, 6.07) is 98.8. The Hall–Kier alpha value is -10.8. The third-order valence-corrected chi connectivity index (χ3v) is 16.3. The van der Waals surface area contributed by atoms with E-state index in [0.29, 0.717) is 0 Å². The molecule has 0 radical (unpaired) electrons. The van der Waals surface area contributed by atoms with Crippen molar-refractivity contribution in [1.82, 2.24) is 9.13 Å². The van der Waals surface area contributed by atoms with Crippen LogP contribution in [0.4, 0.5) is 0 Å². The topological polar surface area (TPSA) is 9.86 Å². The van der Waals surface area contributed by atoms with E-state index >= 15 is 0 Å². The van der Waals surface area contributed by atoms with Crippen LogP contribution in [0.5, 0.6) is 0 Å². The molecule has 13 aromatic carbocycles. The van der Waals surface area contributed by atoms with Gasteiger partial charge < -0.3 is 9.13 Å². The van der Waals surface area contributed by atoms with Gasteiger partial charge in [0.2, 0.25) is 0 Å². The van der Waals surface area contributed by atoms with Crippen molar-refractivity contribution < 1.29 is 0 Å². The summed E-state index contributed by atoms with van der Waals surface area (Å²) in [6.07, 6.45) is 16.8. The summed E-state index contributed by atoms with van der Waals surface area (Å²) in [7, 11) is 0. The zero-order valence-corrected chi connectivity index (χ0v) is 46.0. The van der Waals surface area contributed by atoms with E-state index in [1.807, 2.05) is 12.2 Å². The molecule has 2 nitrogen and oxygen atoms in total. The fourth-order valence-corrected chi connectivity index (χ4v) is 12.4. The number of rotatable bonds is 7. The first-order chi connectivity index (χ1) is 41.1. The predicted molar refractivity (Wildman–Crippen MR) is 359 cm³/mol. The molecule has 0 saturated carbocycles. The van der Waals surface area contributed by atoms with Gasteiger partial charge >= 0.3 is 0 Å². The molecule has 2 aromatic heterocycles. The highest BCUT2D eigenvalue weighted by atomic mass is 15.0. The predicted octanol–water partition coefficient (Wildman–Crippen LogP) is 22.6. The van der Waals surface area contributed by atoms with Crippen molar-refractivity contribution in [3.8, 4) is 55.9 Å². The average molecular weight is 1060 g/mol. The summed E-state index contributed by atoms with van der Waals surface area (Å²) in [4.78, 5) is 0. The van der Waals surface area contributed by atoms with Gasteiger partial charge in [0, 0.05) is 32.9 Å². The van der Waals surface area contributed by atoms with Crippen molar-refractivity contribution in [3.05, 3.63) is 329 Å². The number of allylic oxidation sites excluding steroid dienone is 8. The van der Waals surface area contributed by atoms with Gasteiger partial charge in [0.1, 0.15) is 0 Å². The van der Waals surface area contributed by atoms with Gasteiger partial charge in [-0.15, -0.1) is 0 Å². The monoisotopic (exact) mass is 1060 g/mol. The van der Waals surface area contributed by atoms with Crippen molar-refractivity contribution in [2.75, 3.05) is 0 Å². The van der Waals surface area contributed by atoms with Crippen molar-refractivity contribution in [2.45, 2.75) is 6.42 Å². The second-order valence-corrected chi connectivity index (χ2v) is 21.2. The molecular weight excluding hydrogens is 1000 g/mol. The lowest BCUT2D eigenvalue weighted by Gasteiger charge is -2.20. The van der Waals surface area contributed by atoms with Crippen LogP contribution in [0.3, 0.4) is 0 Å². The van der Waals surface area contributed by atoms with Crippen LogP contribution in [-0.4, -0.2) is 9.13 Å². The Balaban J connectivity index is 0.000000509. The summed E-state index contributed by atoms with van der Waals surface area (Å²) in [5, 5.41) is 14.9. The lowest BCUT2D eigenvalue weighted by Crippen LogP contribution is -1.94. The largest absolute Gasteiger partial charge is 0.309 e. The van der Waals surface area contributed by atoms with Crippen LogP contribution in [-0.2, 0) is 0 Å². The molecule has 0 spiro atoms.